The number of halogens is 2. The minimum Gasteiger partial charge on any atom is -0.299 e. The Balaban J connectivity index is 2.18. The topological polar surface area (TPSA) is 81.1 Å². The Labute approximate surface area is 160 Å². The smallest absolute Gasteiger partial charge is 0.284 e. The van der Waals surface area contributed by atoms with Gasteiger partial charge in [-0.15, -0.1) is 0 Å². The second kappa shape index (κ2) is 7.11. The quantitative estimate of drug-likeness (QED) is 0.714. The van der Waals surface area contributed by atoms with E-state index in [-0.39, 0.29) is 5.69 Å². The molecule has 0 saturated carbocycles. The van der Waals surface area contributed by atoms with Crippen molar-refractivity contribution in [2.24, 2.45) is 0 Å². The van der Waals surface area contributed by atoms with Gasteiger partial charge in [-0.25, -0.2) is 18.1 Å². The number of hydrogen-bond donors (Lipinski definition) is 1. The maximum atomic E-state index is 12.2. The van der Waals surface area contributed by atoms with Gasteiger partial charge >= 0.3 is 0 Å². The Kier molecular flexibility index (Phi) is 5.04. The average Bonchev–Trinajstić information content (AvgIpc) is 2.99. The largest absolute Gasteiger partial charge is 0.299 e. The van der Waals surface area contributed by atoms with Gasteiger partial charge < -0.3 is 0 Å². The summed E-state index contributed by atoms with van der Waals surface area (Å²) in [6.45, 7) is 0. The highest BCUT2D eigenvalue weighted by Gasteiger charge is 2.20. The molecule has 2 aromatic carbocycles. The Bertz CT molecular complexity index is 1090. The molecule has 3 rings (SSSR count). The average molecular weight is 410 g/mol. The number of nitrogens with zero attached hydrogens (tertiary/aromatic N) is 2. The standard InChI is InChI=1S/C17H13Cl2N3O3S/c1-26(24,25)21-17(23)15-10-22(12-6-4-5-11(18)9-12)16(20-15)13-7-2-3-8-14(13)19/h2-10H,1H3,(H,21,23). The molecule has 1 heterocycles. The molecule has 0 fully saturated rings. The molecule has 0 unspecified atom stereocenters. The zero-order valence-electron chi connectivity index (χ0n) is 13.5. The van der Waals surface area contributed by atoms with Gasteiger partial charge in [-0.2, -0.15) is 0 Å². The van der Waals surface area contributed by atoms with Crippen LogP contribution in [0.5, 0.6) is 0 Å². The second-order valence-corrected chi connectivity index (χ2v) is 8.07. The number of carbonyl (C=O) groups excluding carboxylic acids is 1. The molecule has 0 saturated heterocycles. The van der Waals surface area contributed by atoms with Crippen molar-refractivity contribution in [2.45, 2.75) is 0 Å². The van der Waals surface area contributed by atoms with Gasteiger partial charge in [0.1, 0.15) is 11.5 Å². The summed E-state index contributed by atoms with van der Waals surface area (Å²) in [4.78, 5) is 16.5. The van der Waals surface area contributed by atoms with Gasteiger partial charge in [-0.1, -0.05) is 41.4 Å². The van der Waals surface area contributed by atoms with Crippen molar-refractivity contribution < 1.29 is 13.2 Å². The van der Waals surface area contributed by atoms with Gasteiger partial charge in [0.2, 0.25) is 10.0 Å². The number of aromatic nitrogens is 2. The maximum Gasteiger partial charge on any atom is 0.284 e. The Morgan fingerprint density at radius 1 is 1.12 bits per heavy atom. The second-order valence-electron chi connectivity index (χ2n) is 5.48. The molecule has 6 nitrogen and oxygen atoms in total. The van der Waals surface area contributed by atoms with Crippen molar-refractivity contribution in [3.8, 4) is 17.1 Å². The molecule has 26 heavy (non-hydrogen) atoms. The van der Waals surface area contributed by atoms with E-state index in [9.17, 15) is 13.2 Å². The Hall–Kier alpha value is -2.35. The Morgan fingerprint density at radius 3 is 2.50 bits per heavy atom. The van der Waals surface area contributed by atoms with Crippen molar-refractivity contribution in [3.63, 3.8) is 0 Å². The number of sulfonamides is 1. The molecule has 1 N–H and O–H groups in total. The van der Waals surface area contributed by atoms with Crippen LogP contribution in [0.15, 0.2) is 54.7 Å². The number of hydrogen-bond acceptors (Lipinski definition) is 4. The van der Waals surface area contributed by atoms with Crippen LogP contribution in [0.25, 0.3) is 17.1 Å². The molecule has 0 bridgehead atoms. The fourth-order valence-electron chi connectivity index (χ4n) is 2.37. The molecule has 0 radical (unpaired) electrons. The molecule has 1 aromatic heterocycles. The third kappa shape index (κ3) is 4.07. The summed E-state index contributed by atoms with van der Waals surface area (Å²) >= 11 is 12.3. The van der Waals surface area contributed by atoms with Crippen LogP contribution in [0.1, 0.15) is 10.5 Å². The van der Waals surface area contributed by atoms with Gasteiger partial charge in [0, 0.05) is 22.5 Å². The number of carbonyl (C=O) groups is 1. The van der Waals surface area contributed by atoms with Crippen LogP contribution in [0.2, 0.25) is 10.0 Å². The number of imidazole rings is 1. The lowest BCUT2D eigenvalue weighted by Gasteiger charge is -2.09. The van der Waals surface area contributed by atoms with Crippen LogP contribution < -0.4 is 4.72 Å². The molecular weight excluding hydrogens is 397 g/mol. The van der Waals surface area contributed by atoms with Gasteiger partial charge in [0.05, 0.1) is 11.3 Å². The van der Waals surface area contributed by atoms with Crippen molar-refractivity contribution in [1.82, 2.24) is 14.3 Å². The van der Waals surface area contributed by atoms with E-state index in [4.69, 9.17) is 23.2 Å². The van der Waals surface area contributed by atoms with E-state index in [1.54, 1.807) is 53.1 Å². The zero-order chi connectivity index (χ0) is 18.9. The first-order valence-corrected chi connectivity index (χ1v) is 10.0. The summed E-state index contributed by atoms with van der Waals surface area (Å²) in [5.41, 5.74) is 1.18. The lowest BCUT2D eigenvalue weighted by atomic mass is 10.2. The monoisotopic (exact) mass is 409 g/mol. The van der Waals surface area contributed by atoms with E-state index in [1.807, 2.05) is 4.72 Å². The summed E-state index contributed by atoms with van der Waals surface area (Å²) in [6.07, 6.45) is 2.33. The van der Waals surface area contributed by atoms with Crippen LogP contribution in [0, 0.1) is 0 Å². The third-order valence-electron chi connectivity index (χ3n) is 3.42. The zero-order valence-corrected chi connectivity index (χ0v) is 15.8. The third-order valence-corrected chi connectivity index (χ3v) is 4.54. The minimum absolute atomic E-state index is 0.0645. The molecule has 0 atom stereocenters. The molecule has 0 aliphatic heterocycles. The summed E-state index contributed by atoms with van der Waals surface area (Å²) in [7, 11) is -3.72. The molecule has 3 aromatic rings. The molecule has 1 amide bonds. The van der Waals surface area contributed by atoms with E-state index in [0.717, 1.165) is 6.26 Å². The van der Waals surface area contributed by atoms with Gasteiger partial charge in [0.25, 0.3) is 5.91 Å². The number of rotatable bonds is 4. The van der Waals surface area contributed by atoms with Crippen molar-refractivity contribution in [1.29, 1.82) is 0 Å². The fraction of sp³-hybridized carbons (Fsp3) is 0.0588. The highest BCUT2D eigenvalue weighted by atomic mass is 35.5. The molecular formula is C17H13Cl2N3O3S. The predicted octanol–water partition coefficient (Wildman–Crippen LogP) is 3.54. The molecule has 0 aliphatic carbocycles. The fourth-order valence-corrected chi connectivity index (χ4v) is 3.21. The van der Waals surface area contributed by atoms with Crippen LogP contribution in [-0.4, -0.2) is 30.1 Å². The van der Waals surface area contributed by atoms with Gasteiger partial charge in [0.15, 0.2) is 0 Å². The van der Waals surface area contributed by atoms with Gasteiger partial charge in [-0.05, 0) is 30.3 Å². The van der Waals surface area contributed by atoms with Crippen LogP contribution in [0.3, 0.4) is 0 Å². The summed E-state index contributed by atoms with van der Waals surface area (Å²) in [5, 5.41) is 0.944. The molecule has 0 spiro atoms. The molecule has 0 aliphatic rings. The molecule has 134 valence electrons. The summed E-state index contributed by atoms with van der Waals surface area (Å²) < 4.78 is 26.2. The van der Waals surface area contributed by atoms with E-state index < -0.39 is 15.9 Å². The summed E-state index contributed by atoms with van der Waals surface area (Å²) in [6, 6.07) is 14.0. The first kappa shape index (κ1) is 18.4. The van der Waals surface area contributed by atoms with Crippen molar-refractivity contribution >= 4 is 39.1 Å². The summed E-state index contributed by atoms with van der Waals surface area (Å²) in [5.74, 6) is -0.446. The van der Waals surface area contributed by atoms with E-state index >= 15 is 0 Å². The predicted molar refractivity (Wildman–Crippen MR) is 101 cm³/mol. The van der Waals surface area contributed by atoms with Crippen LogP contribution >= 0.6 is 23.2 Å². The normalized spacial score (nSPS) is 11.3. The molecule has 9 heteroatoms. The lowest BCUT2D eigenvalue weighted by Crippen LogP contribution is -2.29. The van der Waals surface area contributed by atoms with Crippen molar-refractivity contribution in [3.05, 3.63) is 70.5 Å². The first-order valence-electron chi connectivity index (χ1n) is 7.37. The van der Waals surface area contributed by atoms with Crippen LogP contribution in [0.4, 0.5) is 0 Å². The van der Waals surface area contributed by atoms with E-state index in [2.05, 4.69) is 4.98 Å². The van der Waals surface area contributed by atoms with E-state index in [0.29, 0.717) is 27.1 Å². The number of amides is 1. The van der Waals surface area contributed by atoms with Crippen LogP contribution in [-0.2, 0) is 10.0 Å². The maximum absolute atomic E-state index is 12.2. The number of nitrogens with one attached hydrogen (secondary N) is 1. The van der Waals surface area contributed by atoms with E-state index in [1.165, 1.54) is 6.20 Å². The SMILES string of the molecule is CS(=O)(=O)NC(=O)c1cn(-c2cccc(Cl)c2)c(-c2ccccc2Cl)n1. The minimum atomic E-state index is -3.72. The Morgan fingerprint density at radius 2 is 1.85 bits per heavy atom. The van der Waals surface area contributed by atoms with Gasteiger partial charge in [-0.3, -0.25) is 9.36 Å². The lowest BCUT2D eigenvalue weighted by molar-refractivity contribution is 0.0977. The highest BCUT2D eigenvalue weighted by Crippen LogP contribution is 2.29. The number of benzene rings is 2. The first-order chi connectivity index (χ1) is 12.2. The van der Waals surface area contributed by atoms with Crippen molar-refractivity contribution in [2.75, 3.05) is 6.26 Å². The highest BCUT2D eigenvalue weighted by molar-refractivity contribution is 7.89.